The average molecular weight is 259 g/mol. The molecule has 0 aromatic carbocycles. The number of carboxylic acid groups (broad SMARTS) is 1. The molecule has 3 N–H and O–H groups in total. The minimum absolute atomic E-state index is 0.144. The van der Waals surface area contributed by atoms with Gasteiger partial charge in [-0.25, -0.2) is 9.59 Å². The first-order valence-electron chi connectivity index (χ1n) is 5.93. The summed E-state index contributed by atoms with van der Waals surface area (Å²) in [7, 11) is 1.62. The minimum atomic E-state index is -1.08. The van der Waals surface area contributed by atoms with E-state index in [4.69, 9.17) is 5.11 Å². The van der Waals surface area contributed by atoms with E-state index in [-0.39, 0.29) is 12.5 Å². The topological polar surface area (TPSA) is 98.7 Å². The zero-order valence-electron chi connectivity index (χ0n) is 11.0. The fourth-order valence-electron chi connectivity index (χ4n) is 1.22. The molecular weight excluding hydrogens is 238 g/mol. The molecule has 1 atom stereocenters. The van der Waals surface area contributed by atoms with Crippen molar-refractivity contribution >= 4 is 17.9 Å². The van der Waals surface area contributed by atoms with E-state index in [1.54, 1.807) is 7.05 Å². The number of aliphatic carboxylic acids is 1. The van der Waals surface area contributed by atoms with E-state index in [1.165, 1.54) is 4.90 Å². The molecule has 0 spiro atoms. The van der Waals surface area contributed by atoms with Gasteiger partial charge in [0.15, 0.2) is 0 Å². The van der Waals surface area contributed by atoms with Crippen LogP contribution in [0.25, 0.3) is 0 Å². The van der Waals surface area contributed by atoms with E-state index in [0.29, 0.717) is 19.4 Å². The number of urea groups is 1. The summed E-state index contributed by atoms with van der Waals surface area (Å²) in [6, 6.07) is -1.57. The molecule has 0 aliphatic carbocycles. The second kappa shape index (κ2) is 8.32. The number of nitrogens with one attached hydrogen (secondary N) is 2. The van der Waals surface area contributed by atoms with Crippen LogP contribution in [0.4, 0.5) is 4.79 Å². The van der Waals surface area contributed by atoms with Crippen LogP contribution in [-0.4, -0.2) is 54.1 Å². The van der Waals surface area contributed by atoms with Crippen LogP contribution in [-0.2, 0) is 9.59 Å². The van der Waals surface area contributed by atoms with Gasteiger partial charge in [-0.15, -0.1) is 0 Å². The largest absolute Gasteiger partial charge is 0.480 e. The van der Waals surface area contributed by atoms with Crippen LogP contribution in [0.1, 0.15) is 26.7 Å². The molecule has 0 heterocycles. The standard InChI is InChI=1S/C11H21N3O4/c1-4-6-8(10(16)17)13-11(18)12-7-9(15)14(3)5-2/h8H,4-7H2,1-3H3,(H,16,17)(H2,12,13,18)/t8-/m1/s1. The summed E-state index contributed by atoms with van der Waals surface area (Å²) in [5, 5.41) is 13.5. The summed E-state index contributed by atoms with van der Waals surface area (Å²) in [5.74, 6) is -1.31. The first kappa shape index (κ1) is 16.2. The monoisotopic (exact) mass is 259 g/mol. The second-order valence-corrected chi connectivity index (χ2v) is 3.91. The summed E-state index contributed by atoms with van der Waals surface area (Å²) >= 11 is 0. The Kier molecular flexibility index (Phi) is 7.50. The molecule has 0 aromatic heterocycles. The van der Waals surface area contributed by atoms with Crippen molar-refractivity contribution in [1.29, 1.82) is 0 Å². The van der Waals surface area contributed by atoms with Crippen LogP contribution >= 0.6 is 0 Å². The molecule has 0 bridgehead atoms. The Balaban J connectivity index is 4.10. The molecule has 3 amide bonds. The number of carbonyl (C=O) groups is 3. The third-order valence-electron chi connectivity index (χ3n) is 2.48. The van der Waals surface area contributed by atoms with Gasteiger partial charge in [-0.3, -0.25) is 4.79 Å². The molecule has 0 saturated heterocycles. The number of likely N-dealkylation sites (N-methyl/N-ethyl adjacent to an activating group) is 1. The molecule has 0 saturated carbocycles. The molecule has 0 aliphatic heterocycles. The van der Waals surface area contributed by atoms with Crippen molar-refractivity contribution in [3.8, 4) is 0 Å². The van der Waals surface area contributed by atoms with Crippen molar-refractivity contribution in [1.82, 2.24) is 15.5 Å². The van der Waals surface area contributed by atoms with Crippen molar-refractivity contribution < 1.29 is 19.5 Å². The molecule has 0 radical (unpaired) electrons. The highest BCUT2D eigenvalue weighted by Crippen LogP contribution is 1.96. The van der Waals surface area contributed by atoms with Gasteiger partial charge in [0.25, 0.3) is 0 Å². The summed E-state index contributed by atoms with van der Waals surface area (Å²) in [4.78, 5) is 35.0. The normalized spacial score (nSPS) is 11.5. The number of amides is 3. The van der Waals surface area contributed by atoms with Crippen LogP contribution in [0.3, 0.4) is 0 Å². The highest BCUT2D eigenvalue weighted by atomic mass is 16.4. The lowest BCUT2D eigenvalue weighted by molar-refractivity contribution is -0.139. The Morgan fingerprint density at radius 1 is 1.28 bits per heavy atom. The maximum atomic E-state index is 11.4. The van der Waals surface area contributed by atoms with E-state index in [2.05, 4.69) is 10.6 Å². The average Bonchev–Trinajstić information content (AvgIpc) is 2.34. The number of carboxylic acids is 1. The zero-order chi connectivity index (χ0) is 14.1. The Hall–Kier alpha value is -1.79. The van der Waals surface area contributed by atoms with Gasteiger partial charge in [-0.05, 0) is 13.3 Å². The summed E-state index contributed by atoms with van der Waals surface area (Å²) in [6.45, 7) is 4.05. The Bertz CT molecular complexity index is 307. The van der Waals surface area contributed by atoms with Crippen molar-refractivity contribution in [2.45, 2.75) is 32.7 Å². The molecule has 0 aromatic rings. The summed E-state index contributed by atoms with van der Waals surface area (Å²) in [5.41, 5.74) is 0. The molecule has 18 heavy (non-hydrogen) atoms. The fourth-order valence-corrected chi connectivity index (χ4v) is 1.22. The predicted molar refractivity (Wildman–Crippen MR) is 66.2 cm³/mol. The molecule has 0 rings (SSSR count). The van der Waals surface area contributed by atoms with Gasteiger partial charge in [0.2, 0.25) is 5.91 Å². The fraction of sp³-hybridized carbons (Fsp3) is 0.727. The van der Waals surface area contributed by atoms with E-state index in [0.717, 1.165) is 0 Å². The van der Waals surface area contributed by atoms with E-state index < -0.39 is 18.0 Å². The lowest BCUT2D eigenvalue weighted by Crippen LogP contribution is -2.48. The highest BCUT2D eigenvalue weighted by molar-refractivity contribution is 5.86. The minimum Gasteiger partial charge on any atom is -0.480 e. The molecule has 0 unspecified atom stereocenters. The maximum absolute atomic E-state index is 11.4. The van der Waals surface area contributed by atoms with Crippen molar-refractivity contribution in [2.75, 3.05) is 20.1 Å². The SMILES string of the molecule is CCC[C@@H](NC(=O)NCC(=O)N(C)CC)C(=O)O. The van der Waals surface area contributed by atoms with E-state index >= 15 is 0 Å². The summed E-state index contributed by atoms with van der Waals surface area (Å²) < 4.78 is 0. The number of rotatable bonds is 7. The van der Waals surface area contributed by atoms with E-state index in [9.17, 15) is 14.4 Å². The Morgan fingerprint density at radius 3 is 2.33 bits per heavy atom. The van der Waals surface area contributed by atoms with Gasteiger partial charge in [0.1, 0.15) is 6.04 Å². The van der Waals surface area contributed by atoms with Crippen LogP contribution in [0.2, 0.25) is 0 Å². The van der Waals surface area contributed by atoms with Crippen molar-refractivity contribution in [2.24, 2.45) is 0 Å². The van der Waals surface area contributed by atoms with Crippen LogP contribution in [0.5, 0.6) is 0 Å². The Labute approximate surface area is 107 Å². The zero-order valence-corrected chi connectivity index (χ0v) is 11.0. The van der Waals surface area contributed by atoms with Gasteiger partial charge in [0.05, 0.1) is 6.54 Å². The lowest BCUT2D eigenvalue weighted by atomic mass is 10.2. The first-order valence-corrected chi connectivity index (χ1v) is 5.93. The van der Waals surface area contributed by atoms with Gasteiger partial charge in [-0.1, -0.05) is 13.3 Å². The van der Waals surface area contributed by atoms with Crippen LogP contribution in [0, 0.1) is 0 Å². The molecule has 0 fully saturated rings. The molecule has 7 nitrogen and oxygen atoms in total. The predicted octanol–water partition coefficient (Wildman–Crippen LogP) is 0.0172. The second-order valence-electron chi connectivity index (χ2n) is 3.91. The molecule has 0 aliphatic rings. The Morgan fingerprint density at radius 2 is 1.89 bits per heavy atom. The third kappa shape index (κ3) is 6.07. The smallest absolute Gasteiger partial charge is 0.326 e. The third-order valence-corrected chi connectivity index (χ3v) is 2.48. The van der Waals surface area contributed by atoms with Gasteiger partial charge >= 0.3 is 12.0 Å². The van der Waals surface area contributed by atoms with Crippen molar-refractivity contribution in [3.63, 3.8) is 0 Å². The van der Waals surface area contributed by atoms with Crippen LogP contribution in [0.15, 0.2) is 0 Å². The molecule has 7 heteroatoms. The van der Waals surface area contributed by atoms with Gasteiger partial charge in [-0.2, -0.15) is 0 Å². The molecule has 104 valence electrons. The van der Waals surface area contributed by atoms with Gasteiger partial charge in [0, 0.05) is 13.6 Å². The highest BCUT2D eigenvalue weighted by Gasteiger charge is 2.19. The maximum Gasteiger partial charge on any atom is 0.326 e. The number of hydrogen-bond donors (Lipinski definition) is 3. The lowest BCUT2D eigenvalue weighted by Gasteiger charge is -2.17. The van der Waals surface area contributed by atoms with Gasteiger partial charge < -0.3 is 20.6 Å². The quantitative estimate of drug-likeness (QED) is 0.600. The molecular formula is C11H21N3O4. The number of hydrogen-bond acceptors (Lipinski definition) is 3. The van der Waals surface area contributed by atoms with E-state index in [1.807, 2.05) is 13.8 Å². The van der Waals surface area contributed by atoms with Crippen molar-refractivity contribution in [3.05, 3.63) is 0 Å². The first-order chi connectivity index (χ1) is 8.42. The number of nitrogens with zero attached hydrogens (tertiary/aromatic N) is 1. The van der Waals surface area contributed by atoms with Crippen LogP contribution < -0.4 is 10.6 Å². The summed E-state index contributed by atoms with van der Waals surface area (Å²) in [6.07, 6.45) is 1.00. The number of carbonyl (C=O) groups excluding carboxylic acids is 2.